The smallest absolute Gasteiger partial charge is 0.274 e. The summed E-state index contributed by atoms with van der Waals surface area (Å²) in [6, 6.07) is 4.82. The molecule has 8 nitrogen and oxygen atoms in total. The number of fused-ring (bicyclic) bond motifs is 1. The van der Waals surface area contributed by atoms with Gasteiger partial charge in [-0.25, -0.2) is 0 Å². The van der Waals surface area contributed by atoms with Gasteiger partial charge in [0.2, 0.25) is 10.1 Å². The van der Waals surface area contributed by atoms with Crippen LogP contribution in [0, 0.1) is 0 Å². The van der Waals surface area contributed by atoms with Gasteiger partial charge in [0, 0.05) is 26.2 Å². The molecule has 0 unspecified atom stereocenters. The molecule has 0 radical (unpaired) electrons. The Morgan fingerprint density at radius 2 is 2.15 bits per heavy atom. The van der Waals surface area contributed by atoms with Gasteiger partial charge in [-0.15, -0.1) is 5.10 Å². The summed E-state index contributed by atoms with van der Waals surface area (Å²) in [6.07, 6.45) is 5.03. The third-order valence-electron chi connectivity index (χ3n) is 4.41. The van der Waals surface area contributed by atoms with Crippen molar-refractivity contribution in [2.75, 3.05) is 25.0 Å². The predicted molar refractivity (Wildman–Crippen MR) is 97.7 cm³/mol. The fraction of sp³-hybridized carbons (Fsp3) is 0.412. The van der Waals surface area contributed by atoms with Crippen LogP contribution in [0.5, 0.6) is 0 Å². The van der Waals surface area contributed by atoms with Crippen LogP contribution in [0.3, 0.4) is 0 Å². The van der Waals surface area contributed by atoms with Gasteiger partial charge in [-0.3, -0.25) is 9.59 Å². The number of carbonyl (C=O) groups excluding carboxylic acids is 1. The largest absolute Gasteiger partial charge is 0.467 e. The molecule has 0 bridgehead atoms. The summed E-state index contributed by atoms with van der Waals surface area (Å²) in [5.74, 6) is 0.372. The highest BCUT2D eigenvalue weighted by atomic mass is 32.1. The average Bonchev–Trinajstić information content (AvgIpc) is 3.30. The Labute approximate surface area is 153 Å². The van der Waals surface area contributed by atoms with E-state index in [1.54, 1.807) is 25.4 Å². The van der Waals surface area contributed by atoms with Crippen molar-refractivity contribution in [2.45, 2.75) is 25.8 Å². The second-order valence-corrected chi connectivity index (χ2v) is 7.28. The lowest BCUT2D eigenvalue weighted by atomic mass is 10.1. The molecule has 1 amide bonds. The van der Waals surface area contributed by atoms with E-state index in [-0.39, 0.29) is 11.6 Å². The fourth-order valence-corrected chi connectivity index (χ4v) is 4.03. The Morgan fingerprint density at radius 3 is 2.88 bits per heavy atom. The molecule has 3 aromatic rings. The lowest BCUT2D eigenvalue weighted by Crippen LogP contribution is -2.30. The number of hydrogen-bond acceptors (Lipinski definition) is 7. The quantitative estimate of drug-likeness (QED) is 0.696. The SMILES string of the molecule is CN(Cc1ccco1)C(=O)c1cc(=O)nc2sc(N3CCCCC3)nn12. The van der Waals surface area contributed by atoms with Crippen molar-refractivity contribution in [3.05, 3.63) is 46.3 Å². The van der Waals surface area contributed by atoms with Crippen molar-refractivity contribution in [1.82, 2.24) is 19.5 Å². The van der Waals surface area contributed by atoms with Crippen LogP contribution in [0.4, 0.5) is 5.13 Å². The minimum absolute atomic E-state index is 0.216. The minimum atomic E-state index is -0.436. The number of rotatable bonds is 4. The second kappa shape index (κ2) is 6.91. The summed E-state index contributed by atoms with van der Waals surface area (Å²) in [7, 11) is 1.67. The number of anilines is 1. The Hall–Kier alpha value is -2.68. The lowest BCUT2D eigenvalue weighted by Gasteiger charge is -2.25. The Bertz CT molecular complexity index is 972. The number of furan rings is 1. The maximum atomic E-state index is 12.9. The van der Waals surface area contributed by atoms with Crippen molar-refractivity contribution in [1.29, 1.82) is 0 Å². The van der Waals surface area contributed by atoms with Crippen molar-refractivity contribution in [3.8, 4) is 0 Å². The normalized spacial score (nSPS) is 14.7. The van der Waals surface area contributed by atoms with E-state index in [1.807, 2.05) is 0 Å². The minimum Gasteiger partial charge on any atom is -0.467 e. The first-order chi connectivity index (χ1) is 12.6. The summed E-state index contributed by atoms with van der Waals surface area (Å²) in [5.41, 5.74) is -0.220. The third-order valence-corrected chi connectivity index (χ3v) is 5.38. The molecule has 0 aliphatic carbocycles. The van der Waals surface area contributed by atoms with Gasteiger partial charge in [-0.05, 0) is 31.4 Å². The van der Waals surface area contributed by atoms with Gasteiger partial charge in [0.1, 0.15) is 11.5 Å². The standard InChI is InChI=1S/C17H19N5O3S/c1-20(11-12-6-5-9-25-12)15(24)13-10-14(23)18-16-22(13)19-17(26-16)21-7-3-2-4-8-21/h5-6,9-10H,2-4,7-8,11H2,1H3. The number of carbonyl (C=O) groups is 1. The van der Waals surface area contributed by atoms with Gasteiger partial charge in [-0.2, -0.15) is 9.50 Å². The van der Waals surface area contributed by atoms with Crippen molar-refractivity contribution < 1.29 is 9.21 Å². The van der Waals surface area contributed by atoms with Crippen molar-refractivity contribution in [2.24, 2.45) is 0 Å². The lowest BCUT2D eigenvalue weighted by molar-refractivity contribution is 0.0766. The monoisotopic (exact) mass is 373 g/mol. The maximum absolute atomic E-state index is 12.9. The summed E-state index contributed by atoms with van der Waals surface area (Å²) in [4.78, 5) is 33.0. The maximum Gasteiger partial charge on any atom is 0.274 e. The number of aromatic nitrogens is 3. The predicted octanol–water partition coefficient (Wildman–Crippen LogP) is 2.01. The first-order valence-electron chi connectivity index (χ1n) is 8.55. The molecule has 1 saturated heterocycles. The highest BCUT2D eigenvalue weighted by molar-refractivity contribution is 7.20. The highest BCUT2D eigenvalue weighted by Gasteiger charge is 2.22. The highest BCUT2D eigenvalue weighted by Crippen LogP contribution is 2.25. The molecule has 0 spiro atoms. The molecule has 4 rings (SSSR count). The molecule has 4 heterocycles. The molecule has 0 N–H and O–H groups in total. The van der Waals surface area contributed by atoms with Crippen LogP contribution in [0.15, 0.2) is 33.7 Å². The third kappa shape index (κ3) is 3.22. The van der Waals surface area contributed by atoms with Crippen LogP contribution >= 0.6 is 11.3 Å². The van der Waals surface area contributed by atoms with Crippen LogP contribution in [0.2, 0.25) is 0 Å². The van der Waals surface area contributed by atoms with Gasteiger partial charge in [0.15, 0.2) is 0 Å². The molecular formula is C17H19N5O3S. The van der Waals surface area contributed by atoms with Crippen LogP contribution in [0.1, 0.15) is 35.5 Å². The second-order valence-electron chi connectivity index (χ2n) is 6.35. The molecule has 1 aliphatic heterocycles. The summed E-state index contributed by atoms with van der Waals surface area (Å²) in [6.45, 7) is 2.19. The Balaban J connectivity index is 1.68. The van der Waals surface area contributed by atoms with E-state index >= 15 is 0 Å². The van der Waals surface area contributed by atoms with E-state index in [0.29, 0.717) is 17.3 Å². The van der Waals surface area contributed by atoms with E-state index in [4.69, 9.17) is 4.42 Å². The first-order valence-corrected chi connectivity index (χ1v) is 9.37. The van der Waals surface area contributed by atoms with Gasteiger partial charge in [0.05, 0.1) is 12.8 Å². The molecule has 0 aromatic carbocycles. The molecule has 0 saturated carbocycles. The first kappa shape index (κ1) is 16.8. The summed E-state index contributed by atoms with van der Waals surface area (Å²) in [5, 5.41) is 5.36. The Morgan fingerprint density at radius 1 is 1.35 bits per heavy atom. The van der Waals surface area contributed by atoms with Crippen LogP contribution in [-0.4, -0.2) is 45.5 Å². The molecule has 0 atom stereocenters. The Kier molecular flexibility index (Phi) is 4.46. The van der Waals surface area contributed by atoms with E-state index < -0.39 is 5.56 Å². The van der Waals surface area contributed by atoms with Crippen molar-refractivity contribution in [3.63, 3.8) is 0 Å². The molecular weight excluding hydrogens is 354 g/mol. The van der Waals surface area contributed by atoms with Gasteiger partial charge >= 0.3 is 0 Å². The van der Waals surface area contributed by atoms with Gasteiger partial charge < -0.3 is 14.2 Å². The van der Waals surface area contributed by atoms with Crippen LogP contribution < -0.4 is 10.5 Å². The van der Waals surface area contributed by atoms with Gasteiger partial charge in [0.25, 0.3) is 11.5 Å². The molecule has 3 aromatic heterocycles. The number of piperidine rings is 1. The molecule has 9 heteroatoms. The van der Waals surface area contributed by atoms with Crippen LogP contribution in [0.25, 0.3) is 4.96 Å². The number of nitrogens with zero attached hydrogens (tertiary/aromatic N) is 5. The summed E-state index contributed by atoms with van der Waals surface area (Å²) >= 11 is 1.34. The molecule has 1 aliphatic rings. The van der Waals surface area contributed by atoms with E-state index in [0.717, 1.165) is 31.1 Å². The molecule has 26 heavy (non-hydrogen) atoms. The molecule has 136 valence electrons. The zero-order chi connectivity index (χ0) is 18.1. The number of amides is 1. The summed E-state index contributed by atoms with van der Waals surface area (Å²) < 4.78 is 6.77. The van der Waals surface area contributed by atoms with Crippen LogP contribution in [-0.2, 0) is 6.54 Å². The fourth-order valence-electron chi connectivity index (χ4n) is 3.07. The van der Waals surface area contributed by atoms with E-state index in [1.165, 1.54) is 33.2 Å². The van der Waals surface area contributed by atoms with Gasteiger partial charge in [-0.1, -0.05) is 11.3 Å². The number of hydrogen-bond donors (Lipinski definition) is 0. The average molecular weight is 373 g/mol. The van der Waals surface area contributed by atoms with E-state index in [9.17, 15) is 9.59 Å². The van der Waals surface area contributed by atoms with E-state index in [2.05, 4.69) is 15.0 Å². The molecule has 1 fully saturated rings. The zero-order valence-electron chi connectivity index (χ0n) is 14.4. The topological polar surface area (TPSA) is 84.0 Å². The zero-order valence-corrected chi connectivity index (χ0v) is 15.2. The van der Waals surface area contributed by atoms with Crippen molar-refractivity contribution >= 4 is 27.3 Å².